The lowest BCUT2D eigenvalue weighted by atomic mass is 9.96. The molecule has 1 fully saturated rings. The van der Waals surface area contributed by atoms with Gasteiger partial charge in [0.2, 0.25) is 5.91 Å². The number of hydrogen-bond donors (Lipinski definition) is 2. The second-order valence-electron chi connectivity index (χ2n) is 6.36. The molecule has 1 saturated heterocycles. The maximum Gasteiger partial charge on any atom is 0.321 e. The molecule has 2 aromatic carbocycles. The number of urea groups is 1. The zero-order valence-corrected chi connectivity index (χ0v) is 15.8. The molecule has 7 heteroatoms. The molecule has 0 unspecified atom stereocenters. The van der Waals surface area contributed by atoms with Crippen LogP contribution in [0.5, 0.6) is 11.5 Å². The highest BCUT2D eigenvalue weighted by Crippen LogP contribution is 2.32. The Labute approximate surface area is 163 Å². The quantitative estimate of drug-likeness (QED) is 0.828. The van der Waals surface area contributed by atoms with Crippen LogP contribution in [0.1, 0.15) is 12.8 Å². The number of benzene rings is 2. The highest BCUT2D eigenvalue weighted by molar-refractivity contribution is 6.31. The van der Waals surface area contributed by atoms with E-state index < -0.39 is 0 Å². The molecule has 3 rings (SSSR count). The summed E-state index contributed by atoms with van der Waals surface area (Å²) in [5.74, 6) is 1.17. The fourth-order valence-electron chi connectivity index (χ4n) is 3.05. The first-order valence-corrected chi connectivity index (χ1v) is 9.24. The van der Waals surface area contributed by atoms with Crippen molar-refractivity contribution < 1.29 is 14.3 Å². The minimum atomic E-state index is -0.231. The van der Waals surface area contributed by atoms with Gasteiger partial charge in [-0.1, -0.05) is 29.8 Å². The van der Waals surface area contributed by atoms with Crippen molar-refractivity contribution in [1.29, 1.82) is 0 Å². The van der Waals surface area contributed by atoms with E-state index in [9.17, 15) is 9.59 Å². The largest absolute Gasteiger partial charge is 0.455 e. The van der Waals surface area contributed by atoms with Crippen LogP contribution in [0.15, 0.2) is 48.5 Å². The molecule has 0 bridgehead atoms. The topological polar surface area (TPSA) is 70.7 Å². The van der Waals surface area contributed by atoms with Crippen molar-refractivity contribution in [2.45, 2.75) is 12.8 Å². The molecule has 0 atom stereocenters. The van der Waals surface area contributed by atoms with Crippen molar-refractivity contribution in [2.75, 3.05) is 25.5 Å². The normalized spacial score (nSPS) is 14.5. The number of ether oxygens (including phenoxy) is 1. The van der Waals surface area contributed by atoms with E-state index in [2.05, 4.69) is 10.6 Å². The van der Waals surface area contributed by atoms with Gasteiger partial charge >= 0.3 is 6.03 Å². The van der Waals surface area contributed by atoms with Crippen LogP contribution in [-0.2, 0) is 4.79 Å². The Morgan fingerprint density at radius 1 is 1.11 bits per heavy atom. The van der Waals surface area contributed by atoms with Crippen LogP contribution in [-0.4, -0.2) is 37.0 Å². The third-order valence-electron chi connectivity index (χ3n) is 4.55. The van der Waals surface area contributed by atoms with E-state index in [1.54, 1.807) is 30.1 Å². The first kappa shape index (κ1) is 19.0. The number of para-hydroxylation sites is 1. The first-order chi connectivity index (χ1) is 13.1. The van der Waals surface area contributed by atoms with Crippen LogP contribution in [0, 0.1) is 5.92 Å². The Kier molecular flexibility index (Phi) is 6.19. The summed E-state index contributed by atoms with van der Waals surface area (Å²) in [6.45, 7) is 1.05. The average molecular weight is 388 g/mol. The Hall–Kier alpha value is -2.73. The standard InChI is InChI=1S/C20H22ClN3O3/c1-22-19(25)14-9-11-24(12-10-14)20(26)23-17-13-15(21)7-8-18(17)27-16-5-3-2-4-6-16/h2-8,13-14H,9-12H2,1H3,(H,22,25)(H,23,26). The van der Waals surface area contributed by atoms with Gasteiger partial charge in [-0.2, -0.15) is 0 Å². The van der Waals surface area contributed by atoms with Gasteiger partial charge in [0.15, 0.2) is 5.75 Å². The van der Waals surface area contributed by atoms with Crippen molar-refractivity contribution in [2.24, 2.45) is 5.92 Å². The van der Waals surface area contributed by atoms with Crippen molar-refractivity contribution in [1.82, 2.24) is 10.2 Å². The van der Waals surface area contributed by atoms with Gasteiger partial charge in [-0.15, -0.1) is 0 Å². The molecule has 0 spiro atoms. The van der Waals surface area contributed by atoms with Gasteiger partial charge in [0, 0.05) is 31.1 Å². The fourth-order valence-corrected chi connectivity index (χ4v) is 3.22. The molecule has 6 nitrogen and oxygen atoms in total. The second-order valence-corrected chi connectivity index (χ2v) is 6.80. The Morgan fingerprint density at radius 2 is 1.81 bits per heavy atom. The van der Waals surface area contributed by atoms with Gasteiger partial charge in [0.25, 0.3) is 0 Å². The van der Waals surface area contributed by atoms with E-state index in [4.69, 9.17) is 16.3 Å². The molecule has 0 saturated carbocycles. The molecule has 142 valence electrons. The summed E-state index contributed by atoms with van der Waals surface area (Å²) in [5.41, 5.74) is 0.504. The maximum atomic E-state index is 12.6. The summed E-state index contributed by atoms with van der Waals surface area (Å²) < 4.78 is 5.87. The van der Waals surface area contributed by atoms with E-state index in [-0.39, 0.29) is 17.9 Å². The number of anilines is 1. The van der Waals surface area contributed by atoms with Crippen LogP contribution in [0.3, 0.4) is 0 Å². The van der Waals surface area contributed by atoms with Crippen LogP contribution < -0.4 is 15.4 Å². The molecular formula is C20H22ClN3O3. The number of carbonyl (C=O) groups is 2. The Bertz CT molecular complexity index is 805. The van der Waals surface area contributed by atoms with Gasteiger partial charge < -0.3 is 20.3 Å². The smallest absolute Gasteiger partial charge is 0.321 e. The monoisotopic (exact) mass is 387 g/mol. The van der Waals surface area contributed by atoms with Gasteiger partial charge in [0.05, 0.1) is 5.69 Å². The van der Waals surface area contributed by atoms with Gasteiger partial charge in [-0.25, -0.2) is 4.79 Å². The zero-order valence-electron chi connectivity index (χ0n) is 15.1. The number of carbonyl (C=O) groups excluding carboxylic acids is 2. The minimum absolute atomic E-state index is 0.0310. The second kappa shape index (κ2) is 8.77. The average Bonchev–Trinajstić information content (AvgIpc) is 2.70. The fraction of sp³-hybridized carbons (Fsp3) is 0.300. The van der Waals surface area contributed by atoms with E-state index in [0.717, 1.165) is 0 Å². The van der Waals surface area contributed by atoms with E-state index in [1.807, 2.05) is 30.3 Å². The molecule has 2 N–H and O–H groups in total. The predicted octanol–water partition coefficient (Wildman–Crippen LogP) is 4.12. The summed E-state index contributed by atoms with van der Waals surface area (Å²) in [7, 11) is 1.63. The Balaban J connectivity index is 1.67. The molecule has 1 aliphatic heterocycles. The van der Waals surface area contributed by atoms with Crippen LogP contribution in [0.4, 0.5) is 10.5 Å². The van der Waals surface area contributed by atoms with E-state index in [1.165, 1.54) is 0 Å². The predicted molar refractivity (Wildman–Crippen MR) is 105 cm³/mol. The lowest BCUT2D eigenvalue weighted by Crippen LogP contribution is -2.44. The number of piperidine rings is 1. The molecule has 1 aliphatic rings. The number of halogens is 1. The molecular weight excluding hydrogens is 366 g/mol. The highest BCUT2D eigenvalue weighted by atomic mass is 35.5. The maximum absolute atomic E-state index is 12.6. The molecule has 0 radical (unpaired) electrons. The molecule has 0 aromatic heterocycles. The van der Waals surface area contributed by atoms with Gasteiger partial charge in [0.1, 0.15) is 5.75 Å². The van der Waals surface area contributed by atoms with Crippen molar-refractivity contribution >= 4 is 29.2 Å². The van der Waals surface area contributed by atoms with Crippen LogP contribution in [0.2, 0.25) is 5.02 Å². The third-order valence-corrected chi connectivity index (χ3v) is 4.79. The van der Waals surface area contributed by atoms with Crippen molar-refractivity contribution in [3.63, 3.8) is 0 Å². The lowest BCUT2D eigenvalue weighted by molar-refractivity contribution is -0.125. The van der Waals surface area contributed by atoms with Crippen LogP contribution in [0.25, 0.3) is 0 Å². The number of rotatable bonds is 4. The first-order valence-electron chi connectivity index (χ1n) is 8.87. The van der Waals surface area contributed by atoms with Crippen molar-refractivity contribution in [3.05, 3.63) is 53.6 Å². The molecule has 27 heavy (non-hydrogen) atoms. The number of likely N-dealkylation sites (tertiary alicyclic amines) is 1. The molecule has 1 heterocycles. The number of nitrogens with one attached hydrogen (secondary N) is 2. The van der Waals surface area contributed by atoms with E-state index in [0.29, 0.717) is 48.1 Å². The summed E-state index contributed by atoms with van der Waals surface area (Å²) >= 11 is 6.09. The highest BCUT2D eigenvalue weighted by Gasteiger charge is 2.27. The van der Waals surface area contributed by atoms with E-state index >= 15 is 0 Å². The molecule has 2 aromatic rings. The zero-order chi connectivity index (χ0) is 19.2. The van der Waals surface area contributed by atoms with Crippen molar-refractivity contribution in [3.8, 4) is 11.5 Å². The van der Waals surface area contributed by atoms with Gasteiger partial charge in [-0.05, 0) is 43.2 Å². The lowest BCUT2D eigenvalue weighted by Gasteiger charge is -2.31. The summed E-state index contributed by atoms with van der Waals surface area (Å²) in [6, 6.07) is 14.2. The van der Waals surface area contributed by atoms with Gasteiger partial charge in [-0.3, -0.25) is 4.79 Å². The number of amides is 3. The van der Waals surface area contributed by atoms with Crippen LogP contribution >= 0.6 is 11.6 Å². The minimum Gasteiger partial charge on any atom is -0.455 e. The molecule has 0 aliphatic carbocycles. The molecule has 3 amide bonds. The Morgan fingerprint density at radius 3 is 2.48 bits per heavy atom. The SMILES string of the molecule is CNC(=O)C1CCN(C(=O)Nc2cc(Cl)ccc2Oc2ccccc2)CC1. The summed E-state index contributed by atoms with van der Waals surface area (Å²) in [4.78, 5) is 26.1. The number of nitrogens with zero attached hydrogens (tertiary/aromatic N) is 1. The number of hydrogen-bond acceptors (Lipinski definition) is 3. The summed E-state index contributed by atoms with van der Waals surface area (Å²) in [5, 5.41) is 6.05. The summed E-state index contributed by atoms with van der Waals surface area (Å²) in [6.07, 6.45) is 1.30. The third kappa shape index (κ3) is 4.92.